The fourth-order valence-corrected chi connectivity index (χ4v) is 5.93. The molecule has 0 radical (unpaired) electrons. The summed E-state index contributed by atoms with van der Waals surface area (Å²) in [6.07, 6.45) is 9.28. The second kappa shape index (κ2) is 9.43. The van der Waals surface area contributed by atoms with Crippen molar-refractivity contribution in [3.63, 3.8) is 0 Å². The van der Waals surface area contributed by atoms with Crippen LogP contribution >= 0.6 is 0 Å². The highest BCUT2D eigenvalue weighted by atomic mass is 16.5. The first-order valence-corrected chi connectivity index (χ1v) is 12.3. The van der Waals surface area contributed by atoms with E-state index in [0.717, 1.165) is 43.4 Å². The number of carbonyl (C=O) groups is 2. The van der Waals surface area contributed by atoms with Crippen LogP contribution in [0.3, 0.4) is 0 Å². The Morgan fingerprint density at radius 1 is 1.03 bits per heavy atom. The van der Waals surface area contributed by atoms with E-state index in [9.17, 15) is 9.59 Å². The molecule has 4 aliphatic rings. The van der Waals surface area contributed by atoms with Crippen LogP contribution in [0.1, 0.15) is 73.7 Å². The summed E-state index contributed by atoms with van der Waals surface area (Å²) in [5, 5.41) is 14.1. The van der Waals surface area contributed by atoms with Gasteiger partial charge in [0.05, 0.1) is 11.9 Å². The number of hydrogen-bond donors (Lipinski definition) is 3. The van der Waals surface area contributed by atoms with Crippen LogP contribution in [0.25, 0.3) is 0 Å². The van der Waals surface area contributed by atoms with Crippen LogP contribution < -0.4 is 15.4 Å². The number of carbonyl (C=O) groups excluding carboxylic acids is 2. The molecule has 2 heterocycles. The number of nitrogens with zero attached hydrogens (tertiary/aromatic N) is 1. The third-order valence-corrected chi connectivity index (χ3v) is 7.70. The summed E-state index contributed by atoms with van der Waals surface area (Å²) in [6, 6.07) is 5.85. The lowest BCUT2D eigenvalue weighted by Gasteiger charge is -2.35. The van der Waals surface area contributed by atoms with Crippen LogP contribution in [0.15, 0.2) is 18.2 Å². The molecule has 2 aliphatic heterocycles. The van der Waals surface area contributed by atoms with Crippen molar-refractivity contribution in [2.24, 2.45) is 0 Å². The Morgan fingerprint density at radius 3 is 2.61 bits per heavy atom. The maximum Gasteiger partial charge on any atom is 0.255 e. The SMILES string of the molecule is CO[C@@H]1CCC[C@H]1N[C@H]1CCCC[C@@H]1Oc1ccc2c(c1)CN(C1CCC(=N)NC1=O)C2=O. The summed E-state index contributed by atoms with van der Waals surface area (Å²) in [7, 11) is 1.80. The third kappa shape index (κ3) is 4.51. The van der Waals surface area contributed by atoms with Crippen molar-refractivity contribution < 1.29 is 19.1 Å². The molecular weight excluding hydrogens is 420 g/mol. The normalized spacial score (nSPS) is 32.1. The summed E-state index contributed by atoms with van der Waals surface area (Å²) < 4.78 is 12.2. The highest BCUT2D eigenvalue weighted by Crippen LogP contribution is 2.32. The molecule has 3 N–H and O–H groups in total. The Labute approximate surface area is 194 Å². The number of fused-ring (bicyclic) bond motifs is 1. The number of hydrogen-bond acceptors (Lipinski definition) is 6. The number of piperidine rings is 1. The smallest absolute Gasteiger partial charge is 0.255 e. The molecule has 2 amide bonds. The summed E-state index contributed by atoms with van der Waals surface area (Å²) in [5.74, 6) is 0.628. The van der Waals surface area contributed by atoms with Gasteiger partial charge in [0.1, 0.15) is 17.9 Å². The molecule has 0 aromatic heterocycles. The molecule has 0 bridgehead atoms. The summed E-state index contributed by atoms with van der Waals surface area (Å²) in [4.78, 5) is 26.9. The molecule has 1 aromatic carbocycles. The lowest BCUT2D eigenvalue weighted by atomic mass is 9.91. The standard InChI is InChI=1S/C25H34N4O4/c1-32-21-8-4-6-18(21)27-19-5-2-3-7-22(19)33-16-9-10-17-15(13-16)14-29(25(17)31)20-11-12-23(26)28-24(20)30/h9-10,13,18-22,27H,2-8,11-12,14H2,1H3,(H2,26,28,30)/t18-,19+,20?,21-,22+/m1/s1. The molecule has 1 saturated heterocycles. The van der Waals surface area contributed by atoms with Gasteiger partial charge in [-0.2, -0.15) is 0 Å². The monoisotopic (exact) mass is 454 g/mol. The van der Waals surface area contributed by atoms with E-state index in [4.69, 9.17) is 14.9 Å². The zero-order valence-electron chi connectivity index (χ0n) is 19.3. The first kappa shape index (κ1) is 22.3. The second-order valence-corrected chi connectivity index (χ2v) is 9.80. The highest BCUT2D eigenvalue weighted by molar-refractivity contribution is 6.06. The van der Waals surface area contributed by atoms with E-state index in [1.54, 1.807) is 12.0 Å². The maximum absolute atomic E-state index is 13.0. The zero-order valence-corrected chi connectivity index (χ0v) is 19.3. The number of ether oxygens (including phenoxy) is 2. The van der Waals surface area contributed by atoms with Gasteiger partial charge in [-0.05, 0) is 68.7 Å². The molecule has 1 aromatic rings. The Bertz CT molecular complexity index is 935. The topological polar surface area (TPSA) is 104 Å². The molecule has 178 valence electrons. The zero-order chi connectivity index (χ0) is 22.9. The van der Waals surface area contributed by atoms with Crippen LogP contribution in [0.4, 0.5) is 0 Å². The van der Waals surface area contributed by atoms with Crippen molar-refractivity contribution in [3.8, 4) is 5.75 Å². The van der Waals surface area contributed by atoms with E-state index in [2.05, 4.69) is 10.6 Å². The molecule has 8 heteroatoms. The van der Waals surface area contributed by atoms with Gasteiger partial charge in [0.15, 0.2) is 0 Å². The quantitative estimate of drug-likeness (QED) is 0.613. The predicted molar refractivity (Wildman–Crippen MR) is 123 cm³/mol. The van der Waals surface area contributed by atoms with E-state index in [-0.39, 0.29) is 29.9 Å². The van der Waals surface area contributed by atoms with Gasteiger partial charge in [-0.1, -0.05) is 6.42 Å². The predicted octanol–water partition coefficient (Wildman–Crippen LogP) is 2.75. The fraction of sp³-hybridized carbons (Fsp3) is 0.640. The second-order valence-electron chi connectivity index (χ2n) is 9.80. The van der Waals surface area contributed by atoms with Gasteiger partial charge in [0.25, 0.3) is 5.91 Å². The van der Waals surface area contributed by atoms with E-state index >= 15 is 0 Å². The number of amidine groups is 1. The minimum absolute atomic E-state index is 0.0956. The summed E-state index contributed by atoms with van der Waals surface area (Å²) in [5.41, 5.74) is 1.55. The van der Waals surface area contributed by atoms with Crippen LogP contribution in [0, 0.1) is 5.41 Å². The first-order chi connectivity index (χ1) is 16.0. The molecule has 2 aliphatic carbocycles. The Balaban J connectivity index is 1.26. The van der Waals surface area contributed by atoms with Crippen LogP contribution in [0.2, 0.25) is 0 Å². The highest BCUT2D eigenvalue weighted by Gasteiger charge is 2.39. The number of nitrogens with one attached hydrogen (secondary N) is 3. The molecule has 33 heavy (non-hydrogen) atoms. The van der Waals surface area contributed by atoms with Gasteiger partial charge in [-0.25, -0.2) is 0 Å². The molecular formula is C25H34N4O4. The van der Waals surface area contributed by atoms with Crippen LogP contribution in [0.5, 0.6) is 5.75 Å². The Kier molecular flexibility index (Phi) is 6.38. The number of rotatable bonds is 6. The molecule has 5 rings (SSSR count). The Morgan fingerprint density at radius 2 is 1.79 bits per heavy atom. The van der Waals surface area contributed by atoms with Crippen molar-refractivity contribution >= 4 is 17.6 Å². The molecule has 1 unspecified atom stereocenters. The molecule has 5 atom stereocenters. The summed E-state index contributed by atoms with van der Waals surface area (Å²) >= 11 is 0. The van der Waals surface area contributed by atoms with Gasteiger partial charge in [0.2, 0.25) is 5.91 Å². The van der Waals surface area contributed by atoms with Crippen LogP contribution in [-0.4, -0.2) is 60.0 Å². The van der Waals surface area contributed by atoms with Crippen molar-refractivity contribution in [2.45, 2.75) is 94.7 Å². The number of amides is 2. The minimum Gasteiger partial charge on any atom is -0.489 e. The van der Waals surface area contributed by atoms with Crippen molar-refractivity contribution in [2.75, 3.05) is 7.11 Å². The van der Waals surface area contributed by atoms with Gasteiger partial charge >= 0.3 is 0 Å². The average Bonchev–Trinajstić information content (AvgIpc) is 3.39. The van der Waals surface area contributed by atoms with Gasteiger partial charge in [0, 0.05) is 37.7 Å². The van der Waals surface area contributed by atoms with Gasteiger partial charge in [-0.15, -0.1) is 0 Å². The van der Waals surface area contributed by atoms with Crippen molar-refractivity contribution in [1.29, 1.82) is 5.41 Å². The fourth-order valence-electron chi connectivity index (χ4n) is 5.93. The number of benzene rings is 1. The van der Waals surface area contributed by atoms with Crippen LogP contribution in [-0.2, 0) is 16.1 Å². The van der Waals surface area contributed by atoms with Crippen molar-refractivity contribution in [1.82, 2.24) is 15.5 Å². The lowest BCUT2D eigenvalue weighted by molar-refractivity contribution is -0.125. The van der Waals surface area contributed by atoms with E-state index in [1.165, 1.54) is 12.8 Å². The maximum atomic E-state index is 13.0. The third-order valence-electron chi connectivity index (χ3n) is 7.70. The largest absolute Gasteiger partial charge is 0.489 e. The Hall–Kier alpha value is -2.45. The van der Waals surface area contributed by atoms with E-state index < -0.39 is 6.04 Å². The average molecular weight is 455 g/mol. The van der Waals surface area contributed by atoms with Crippen molar-refractivity contribution in [3.05, 3.63) is 29.3 Å². The minimum atomic E-state index is -0.518. The molecule has 2 saturated carbocycles. The molecule has 8 nitrogen and oxygen atoms in total. The van der Waals surface area contributed by atoms with E-state index in [0.29, 0.717) is 37.0 Å². The van der Waals surface area contributed by atoms with E-state index in [1.807, 2.05) is 18.2 Å². The molecule has 0 spiro atoms. The van der Waals surface area contributed by atoms with Gasteiger partial charge < -0.3 is 25.0 Å². The summed E-state index contributed by atoms with van der Waals surface area (Å²) in [6.45, 7) is 0.403. The lowest BCUT2D eigenvalue weighted by Crippen LogP contribution is -2.52. The molecule has 3 fully saturated rings. The first-order valence-electron chi connectivity index (χ1n) is 12.3. The number of methoxy groups -OCH3 is 1. The van der Waals surface area contributed by atoms with Gasteiger partial charge in [-0.3, -0.25) is 15.0 Å².